The molecule has 78 valence electrons. The summed E-state index contributed by atoms with van der Waals surface area (Å²) < 4.78 is 38.8. The van der Waals surface area contributed by atoms with Crippen molar-refractivity contribution in [2.45, 2.75) is 6.36 Å². The van der Waals surface area contributed by atoms with Gasteiger partial charge in [-0.1, -0.05) is 23.2 Å². The molecule has 0 aliphatic rings. The molecule has 0 saturated heterocycles. The average Bonchev–Trinajstić information content (AvgIpc) is 2.04. The quantitative estimate of drug-likeness (QED) is 0.829. The van der Waals surface area contributed by atoms with Crippen LogP contribution in [0.25, 0.3) is 0 Å². The number of H-pyrrole nitrogens is 1. The number of aromatic nitrogens is 1. The van der Waals surface area contributed by atoms with Crippen molar-refractivity contribution in [1.29, 1.82) is 0 Å². The van der Waals surface area contributed by atoms with Crippen molar-refractivity contribution in [3.63, 3.8) is 0 Å². The minimum atomic E-state index is -4.94. The first kappa shape index (κ1) is 11.2. The van der Waals surface area contributed by atoms with Crippen LogP contribution in [0.5, 0.6) is 5.75 Å². The van der Waals surface area contributed by atoms with Gasteiger partial charge in [-0.25, -0.2) is 0 Å². The highest BCUT2D eigenvalue weighted by molar-refractivity contribution is 6.36. The number of rotatable bonds is 1. The molecule has 1 N–H and O–H groups in total. The van der Waals surface area contributed by atoms with Crippen molar-refractivity contribution in [2.24, 2.45) is 0 Å². The normalized spacial score (nSPS) is 11.5. The molecule has 0 atom stereocenters. The van der Waals surface area contributed by atoms with Crippen LogP contribution >= 0.6 is 23.2 Å². The van der Waals surface area contributed by atoms with Crippen LogP contribution in [0.2, 0.25) is 10.0 Å². The van der Waals surface area contributed by atoms with Gasteiger partial charge in [0.25, 0.3) is 5.56 Å². The van der Waals surface area contributed by atoms with Crippen LogP contribution in [-0.2, 0) is 0 Å². The Bertz CT molecular complexity index is 401. The van der Waals surface area contributed by atoms with Crippen LogP contribution in [-0.4, -0.2) is 11.3 Å². The first-order chi connectivity index (χ1) is 6.31. The van der Waals surface area contributed by atoms with E-state index in [2.05, 4.69) is 4.74 Å². The van der Waals surface area contributed by atoms with Gasteiger partial charge in [0.1, 0.15) is 10.0 Å². The van der Waals surface area contributed by atoms with E-state index < -0.39 is 27.7 Å². The number of halogens is 5. The number of hydrogen-bond donors (Lipinski definition) is 1. The lowest BCUT2D eigenvalue weighted by Gasteiger charge is -2.10. The van der Waals surface area contributed by atoms with Crippen molar-refractivity contribution >= 4 is 23.2 Å². The van der Waals surface area contributed by atoms with Gasteiger partial charge in [0.2, 0.25) is 0 Å². The van der Waals surface area contributed by atoms with Crippen molar-refractivity contribution in [2.75, 3.05) is 0 Å². The largest absolute Gasteiger partial charge is 0.573 e. The summed E-state index contributed by atoms with van der Waals surface area (Å²) in [6, 6.07) is 0. The number of alkyl halides is 3. The van der Waals surface area contributed by atoms with Gasteiger partial charge < -0.3 is 9.72 Å². The molecule has 3 nitrogen and oxygen atoms in total. The van der Waals surface area contributed by atoms with Crippen LogP contribution in [0.4, 0.5) is 13.2 Å². The number of nitrogens with one attached hydrogen (secondary N) is 1. The molecular weight excluding hydrogens is 246 g/mol. The molecule has 1 rings (SSSR count). The van der Waals surface area contributed by atoms with Crippen molar-refractivity contribution < 1.29 is 17.9 Å². The summed E-state index contributed by atoms with van der Waals surface area (Å²) in [5.74, 6) is -0.899. The average molecular weight is 248 g/mol. The van der Waals surface area contributed by atoms with E-state index in [-0.39, 0.29) is 0 Å². The Kier molecular flexibility index (Phi) is 2.96. The minimum absolute atomic E-state index is 0.424. The highest BCUT2D eigenvalue weighted by atomic mass is 35.5. The molecule has 14 heavy (non-hydrogen) atoms. The summed E-state index contributed by atoms with van der Waals surface area (Å²) in [5, 5.41) is -1.17. The molecule has 0 spiro atoms. The second-order valence-electron chi connectivity index (χ2n) is 2.16. The molecule has 0 aromatic carbocycles. The summed E-state index contributed by atoms with van der Waals surface area (Å²) in [7, 11) is 0. The lowest BCUT2D eigenvalue weighted by Crippen LogP contribution is -2.19. The predicted octanol–water partition coefficient (Wildman–Crippen LogP) is 2.58. The number of hydrogen-bond acceptors (Lipinski definition) is 2. The van der Waals surface area contributed by atoms with Crippen LogP contribution in [0.1, 0.15) is 0 Å². The Morgan fingerprint density at radius 3 is 2.43 bits per heavy atom. The second kappa shape index (κ2) is 3.70. The molecule has 0 bridgehead atoms. The van der Waals surface area contributed by atoms with Gasteiger partial charge in [-0.15, -0.1) is 13.2 Å². The van der Waals surface area contributed by atoms with E-state index in [1.165, 1.54) is 0 Å². The Balaban J connectivity index is 3.20. The zero-order valence-corrected chi connectivity index (χ0v) is 7.80. The van der Waals surface area contributed by atoms with Crippen molar-refractivity contribution in [3.05, 3.63) is 26.6 Å². The summed E-state index contributed by atoms with van der Waals surface area (Å²) in [5.41, 5.74) is -0.907. The summed E-state index contributed by atoms with van der Waals surface area (Å²) >= 11 is 10.6. The van der Waals surface area contributed by atoms with E-state index in [0.717, 1.165) is 6.20 Å². The van der Waals surface area contributed by atoms with E-state index >= 15 is 0 Å². The molecule has 8 heteroatoms. The van der Waals surface area contributed by atoms with Crippen LogP contribution < -0.4 is 10.3 Å². The molecule has 0 saturated carbocycles. The maximum absolute atomic E-state index is 11.8. The van der Waals surface area contributed by atoms with Crippen LogP contribution in [0.15, 0.2) is 11.0 Å². The van der Waals surface area contributed by atoms with E-state index in [0.29, 0.717) is 0 Å². The lowest BCUT2D eigenvalue weighted by atomic mass is 10.4. The van der Waals surface area contributed by atoms with Gasteiger partial charge >= 0.3 is 6.36 Å². The van der Waals surface area contributed by atoms with Crippen molar-refractivity contribution in [3.8, 4) is 5.75 Å². The monoisotopic (exact) mass is 247 g/mol. The first-order valence-electron chi connectivity index (χ1n) is 3.13. The van der Waals surface area contributed by atoms with E-state index in [1.807, 2.05) is 4.98 Å². The van der Waals surface area contributed by atoms with E-state index in [1.54, 1.807) is 0 Å². The van der Waals surface area contributed by atoms with Crippen LogP contribution in [0.3, 0.4) is 0 Å². The Labute approximate surface area is 85.4 Å². The summed E-state index contributed by atoms with van der Waals surface area (Å²) in [4.78, 5) is 12.8. The maximum atomic E-state index is 11.8. The van der Waals surface area contributed by atoms with Gasteiger partial charge in [0, 0.05) is 6.20 Å². The third-order valence-electron chi connectivity index (χ3n) is 1.16. The first-order valence-corrected chi connectivity index (χ1v) is 3.89. The maximum Gasteiger partial charge on any atom is 0.573 e. The lowest BCUT2D eigenvalue weighted by molar-refractivity contribution is -0.274. The molecule has 0 fully saturated rings. The molecule has 0 amide bonds. The standard InChI is InChI=1S/C6H2Cl2F3NO2/c7-2-1-12-5(13)3(8)4(2)14-6(9,10)11/h1H,(H,12,13). The van der Waals surface area contributed by atoms with Gasteiger partial charge in [-0.2, -0.15) is 0 Å². The second-order valence-corrected chi connectivity index (χ2v) is 2.94. The third-order valence-corrected chi connectivity index (χ3v) is 1.79. The summed E-state index contributed by atoms with van der Waals surface area (Å²) in [6.45, 7) is 0. The van der Waals surface area contributed by atoms with Gasteiger partial charge in [0.05, 0.1) is 0 Å². The van der Waals surface area contributed by atoms with Crippen LogP contribution in [0, 0.1) is 0 Å². The molecule has 1 heterocycles. The van der Waals surface area contributed by atoms with Gasteiger partial charge in [-0.3, -0.25) is 4.79 Å². The highest BCUT2D eigenvalue weighted by Gasteiger charge is 2.33. The topological polar surface area (TPSA) is 42.1 Å². The fourth-order valence-electron chi connectivity index (χ4n) is 0.675. The van der Waals surface area contributed by atoms with Gasteiger partial charge in [-0.05, 0) is 0 Å². The Morgan fingerprint density at radius 1 is 1.36 bits per heavy atom. The fourth-order valence-corrected chi connectivity index (χ4v) is 1.11. The zero-order valence-electron chi connectivity index (χ0n) is 6.28. The molecule has 0 aliphatic heterocycles. The smallest absolute Gasteiger partial charge is 0.402 e. The summed E-state index contributed by atoms with van der Waals surface area (Å²) in [6.07, 6.45) is -4.09. The Morgan fingerprint density at radius 2 is 1.93 bits per heavy atom. The minimum Gasteiger partial charge on any atom is -0.402 e. The van der Waals surface area contributed by atoms with Crippen molar-refractivity contribution in [1.82, 2.24) is 4.98 Å². The molecule has 0 unspecified atom stereocenters. The highest BCUT2D eigenvalue weighted by Crippen LogP contribution is 2.33. The Hall–Kier alpha value is -0.880. The van der Waals surface area contributed by atoms with E-state index in [4.69, 9.17) is 23.2 Å². The van der Waals surface area contributed by atoms with E-state index in [9.17, 15) is 18.0 Å². The van der Waals surface area contributed by atoms with Gasteiger partial charge in [0.15, 0.2) is 5.75 Å². The molecule has 0 radical (unpaired) electrons. The number of pyridine rings is 1. The molecule has 1 aromatic rings. The SMILES string of the molecule is O=c1[nH]cc(Cl)c(OC(F)(F)F)c1Cl. The third kappa shape index (κ3) is 2.55. The number of ether oxygens (including phenoxy) is 1. The zero-order chi connectivity index (χ0) is 10.9. The fraction of sp³-hybridized carbons (Fsp3) is 0.167. The molecule has 0 aliphatic carbocycles. The number of aromatic amines is 1. The predicted molar refractivity (Wildman–Crippen MR) is 43.8 cm³/mol. The molecular formula is C6H2Cl2F3NO2. The molecule has 1 aromatic heterocycles.